The molecule has 0 radical (unpaired) electrons. The first-order valence-electron chi connectivity index (χ1n) is 8.71. The van der Waals surface area contributed by atoms with E-state index in [1.807, 2.05) is 19.1 Å². The molecule has 146 valence electrons. The van der Waals surface area contributed by atoms with E-state index in [1.165, 1.54) is 12.1 Å². The molecule has 0 aromatic heterocycles. The second-order valence-corrected chi connectivity index (χ2v) is 6.27. The molecule has 0 N–H and O–H groups in total. The average Bonchev–Trinajstić information content (AvgIpc) is 2.70. The summed E-state index contributed by atoms with van der Waals surface area (Å²) in [6, 6.07) is 9.75. The Balaban J connectivity index is 2.07. The van der Waals surface area contributed by atoms with Crippen LogP contribution in [0.4, 0.5) is 4.39 Å². The van der Waals surface area contributed by atoms with E-state index < -0.39 is 0 Å². The number of hydrogen-bond acceptors (Lipinski definition) is 4. The number of rotatable bonds is 8. The largest absolute Gasteiger partial charge is 0.493 e. The first-order valence-corrected chi connectivity index (χ1v) is 8.71. The number of aryl methyl sites for hydroxylation is 1. The molecule has 0 aliphatic rings. The van der Waals surface area contributed by atoms with Crippen LogP contribution >= 0.6 is 0 Å². The number of benzene rings is 2. The van der Waals surface area contributed by atoms with Gasteiger partial charge in [0.15, 0.2) is 11.5 Å². The number of carbonyl (C=O) groups excluding carboxylic acids is 1. The van der Waals surface area contributed by atoms with Crippen LogP contribution in [-0.2, 0) is 11.2 Å². The van der Waals surface area contributed by atoms with Crippen LogP contribution in [0.25, 0.3) is 0 Å². The minimum absolute atomic E-state index is 0.000534. The molecule has 1 atom stereocenters. The molecule has 1 unspecified atom stereocenters. The fourth-order valence-electron chi connectivity index (χ4n) is 2.89. The van der Waals surface area contributed by atoms with Gasteiger partial charge < -0.3 is 19.1 Å². The summed E-state index contributed by atoms with van der Waals surface area (Å²) in [6.45, 7) is 1.92. The summed E-state index contributed by atoms with van der Waals surface area (Å²) < 4.78 is 29.1. The van der Waals surface area contributed by atoms with Crippen LogP contribution in [0.3, 0.4) is 0 Å². The lowest BCUT2D eigenvalue weighted by Crippen LogP contribution is -2.29. The number of hydrogen-bond donors (Lipinski definition) is 0. The number of carbonyl (C=O) groups is 1. The lowest BCUT2D eigenvalue weighted by atomic mass is 10.0. The van der Waals surface area contributed by atoms with Gasteiger partial charge in [0.2, 0.25) is 11.7 Å². The number of methoxy groups -OCH3 is 3. The van der Waals surface area contributed by atoms with E-state index in [0.29, 0.717) is 30.1 Å². The highest BCUT2D eigenvalue weighted by molar-refractivity contribution is 5.76. The summed E-state index contributed by atoms with van der Waals surface area (Å²) in [6.07, 6.45) is 0.872. The van der Waals surface area contributed by atoms with Crippen LogP contribution in [0, 0.1) is 5.82 Å². The first-order chi connectivity index (χ1) is 12.9. The van der Waals surface area contributed by atoms with Gasteiger partial charge in [-0.15, -0.1) is 0 Å². The number of amides is 1. The molecule has 27 heavy (non-hydrogen) atoms. The third kappa shape index (κ3) is 4.90. The molecular formula is C21H26FNO4. The Kier molecular flexibility index (Phi) is 7.05. The Morgan fingerprint density at radius 2 is 1.59 bits per heavy atom. The number of ether oxygens (including phenoxy) is 3. The van der Waals surface area contributed by atoms with E-state index >= 15 is 0 Å². The third-order valence-electron chi connectivity index (χ3n) is 4.68. The molecule has 1 amide bonds. The van der Waals surface area contributed by atoms with Gasteiger partial charge in [-0.3, -0.25) is 4.79 Å². The molecule has 2 aromatic carbocycles. The highest BCUT2D eigenvalue weighted by atomic mass is 19.1. The molecule has 0 fully saturated rings. The van der Waals surface area contributed by atoms with Gasteiger partial charge in [0.1, 0.15) is 5.82 Å². The minimum atomic E-state index is -0.290. The molecule has 0 bridgehead atoms. The lowest BCUT2D eigenvalue weighted by molar-refractivity contribution is -0.131. The normalized spacial score (nSPS) is 11.6. The molecule has 6 heteroatoms. The molecule has 5 nitrogen and oxygen atoms in total. The van der Waals surface area contributed by atoms with E-state index in [9.17, 15) is 9.18 Å². The van der Waals surface area contributed by atoms with Crippen molar-refractivity contribution in [3.05, 3.63) is 53.3 Å². The Labute approximate surface area is 159 Å². The van der Waals surface area contributed by atoms with Crippen LogP contribution in [0.2, 0.25) is 0 Å². The Hall–Kier alpha value is -2.76. The van der Waals surface area contributed by atoms with Gasteiger partial charge in [-0.25, -0.2) is 4.39 Å². The fraction of sp³-hybridized carbons (Fsp3) is 0.381. The molecule has 0 spiro atoms. The molecular weight excluding hydrogens is 349 g/mol. The first kappa shape index (κ1) is 20.6. The van der Waals surface area contributed by atoms with Gasteiger partial charge in [-0.05, 0) is 48.7 Å². The predicted molar refractivity (Wildman–Crippen MR) is 102 cm³/mol. The van der Waals surface area contributed by atoms with Gasteiger partial charge in [0, 0.05) is 13.5 Å². The van der Waals surface area contributed by atoms with Crippen molar-refractivity contribution in [2.45, 2.75) is 25.8 Å². The molecule has 0 saturated carbocycles. The van der Waals surface area contributed by atoms with Gasteiger partial charge in [0.05, 0.1) is 27.4 Å². The van der Waals surface area contributed by atoms with Gasteiger partial charge in [-0.1, -0.05) is 12.1 Å². The SMILES string of the molecule is COc1cc(CCC(=O)N(C)C(C)c2ccc(F)cc2)cc(OC)c1OC. The van der Waals surface area contributed by atoms with Crippen molar-refractivity contribution in [3.63, 3.8) is 0 Å². The summed E-state index contributed by atoms with van der Waals surface area (Å²) in [5, 5.41) is 0. The summed E-state index contributed by atoms with van der Waals surface area (Å²) in [5.74, 6) is 1.36. The Morgan fingerprint density at radius 1 is 1.04 bits per heavy atom. The van der Waals surface area contributed by atoms with Crippen molar-refractivity contribution in [2.75, 3.05) is 28.4 Å². The zero-order valence-corrected chi connectivity index (χ0v) is 16.4. The van der Waals surface area contributed by atoms with E-state index in [2.05, 4.69) is 0 Å². The van der Waals surface area contributed by atoms with Gasteiger partial charge in [0.25, 0.3) is 0 Å². The highest BCUT2D eigenvalue weighted by Crippen LogP contribution is 2.38. The predicted octanol–water partition coefficient (Wildman–Crippen LogP) is 4.00. The minimum Gasteiger partial charge on any atom is -0.493 e. The van der Waals surface area contributed by atoms with E-state index in [0.717, 1.165) is 11.1 Å². The lowest BCUT2D eigenvalue weighted by Gasteiger charge is -2.25. The second kappa shape index (κ2) is 9.26. The average molecular weight is 375 g/mol. The zero-order valence-electron chi connectivity index (χ0n) is 16.4. The summed E-state index contributed by atoms with van der Waals surface area (Å²) in [7, 11) is 6.43. The third-order valence-corrected chi connectivity index (χ3v) is 4.68. The van der Waals surface area contributed by atoms with E-state index in [1.54, 1.807) is 45.4 Å². The molecule has 0 aliphatic heterocycles. The monoisotopic (exact) mass is 375 g/mol. The van der Waals surface area contributed by atoms with Crippen LogP contribution in [-0.4, -0.2) is 39.2 Å². The summed E-state index contributed by atoms with van der Waals surface area (Å²) >= 11 is 0. The van der Waals surface area contributed by atoms with E-state index in [4.69, 9.17) is 14.2 Å². The Bertz CT molecular complexity index is 751. The zero-order chi connectivity index (χ0) is 20.0. The van der Waals surface area contributed by atoms with Crippen molar-refractivity contribution < 1.29 is 23.4 Å². The molecule has 0 saturated heterocycles. The van der Waals surface area contributed by atoms with Crippen LogP contribution in [0.5, 0.6) is 17.2 Å². The summed E-state index contributed by atoms with van der Waals surface area (Å²) in [5.41, 5.74) is 1.81. The van der Waals surface area contributed by atoms with Gasteiger partial charge in [-0.2, -0.15) is 0 Å². The molecule has 2 aromatic rings. The smallest absolute Gasteiger partial charge is 0.223 e. The second-order valence-electron chi connectivity index (χ2n) is 6.27. The standard InChI is InChI=1S/C21H26FNO4/c1-14(16-7-9-17(22)10-8-16)23(2)20(24)11-6-15-12-18(25-3)21(27-5)19(13-15)26-4/h7-10,12-14H,6,11H2,1-5H3. The number of halogens is 1. The van der Waals surface area contributed by atoms with Crippen molar-refractivity contribution in [1.82, 2.24) is 4.90 Å². The molecule has 0 aliphatic carbocycles. The Morgan fingerprint density at radius 3 is 2.07 bits per heavy atom. The molecule has 2 rings (SSSR count). The maximum atomic E-state index is 13.1. The van der Waals surface area contributed by atoms with Crippen LogP contribution in [0.1, 0.15) is 30.5 Å². The van der Waals surface area contributed by atoms with Crippen LogP contribution < -0.4 is 14.2 Å². The number of nitrogens with zero attached hydrogens (tertiary/aromatic N) is 1. The maximum absolute atomic E-state index is 13.1. The van der Waals surface area contributed by atoms with Gasteiger partial charge >= 0.3 is 0 Å². The van der Waals surface area contributed by atoms with Crippen molar-refractivity contribution in [3.8, 4) is 17.2 Å². The van der Waals surface area contributed by atoms with Crippen molar-refractivity contribution in [1.29, 1.82) is 0 Å². The van der Waals surface area contributed by atoms with E-state index in [-0.39, 0.29) is 17.8 Å². The molecule has 0 heterocycles. The van der Waals surface area contributed by atoms with Crippen LogP contribution in [0.15, 0.2) is 36.4 Å². The quantitative estimate of drug-likeness (QED) is 0.700. The highest BCUT2D eigenvalue weighted by Gasteiger charge is 2.18. The maximum Gasteiger partial charge on any atom is 0.223 e. The topological polar surface area (TPSA) is 48.0 Å². The van der Waals surface area contributed by atoms with Crippen molar-refractivity contribution in [2.24, 2.45) is 0 Å². The van der Waals surface area contributed by atoms with Crippen molar-refractivity contribution >= 4 is 5.91 Å². The summed E-state index contributed by atoms with van der Waals surface area (Å²) in [4.78, 5) is 14.3. The fourth-order valence-corrected chi connectivity index (χ4v) is 2.89.